The van der Waals surface area contributed by atoms with Crippen LogP contribution in [0.4, 0.5) is 15.3 Å². The van der Waals surface area contributed by atoms with Crippen molar-refractivity contribution in [3.05, 3.63) is 27.8 Å². The number of carbonyl (C=O) groups is 5. The van der Waals surface area contributed by atoms with E-state index in [0.717, 1.165) is 25.0 Å². The van der Waals surface area contributed by atoms with Crippen molar-refractivity contribution >= 4 is 47.3 Å². The summed E-state index contributed by atoms with van der Waals surface area (Å²) < 4.78 is 33.0. The van der Waals surface area contributed by atoms with Crippen LogP contribution in [0.15, 0.2) is 12.1 Å². The molecule has 6 amide bonds. The third kappa shape index (κ3) is 18.2. The van der Waals surface area contributed by atoms with Gasteiger partial charge in [0.25, 0.3) is 5.69 Å². The summed E-state index contributed by atoms with van der Waals surface area (Å²) in [5, 5.41) is 28.9. The molecular weight excluding hydrogens is 819 g/mol. The zero-order valence-electron chi connectivity index (χ0n) is 35.4. The van der Waals surface area contributed by atoms with E-state index in [1.165, 1.54) is 26.2 Å². The van der Waals surface area contributed by atoms with E-state index in [2.05, 4.69) is 37.8 Å². The summed E-state index contributed by atoms with van der Waals surface area (Å²) in [4.78, 5) is 72.3. The number of fused-ring (bicyclic) bond motifs is 1. The quantitative estimate of drug-likeness (QED) is 0.0213. The fourth-order valence-electron chi connectivity index (χ4n) is 6.42. The molecule has 2 fully saturated rings. The monoisotopic (exact) mass is 879 g/mol. The smallest absolute Gasteiger partial charge is 0.408 e. The molecule has 2 aliphatic heterocycles. The number of ether oxygens (including phenoxy) is 6. The number of nitro groups is 1. The minimum atomic E-state index is -1.11. The van der Waals surface area contributed by atoms with Gasteiger partial charge in [0.1, 0.15) is 12.1 Å². The Morgan fingerprint density at radius 1 is 0.902 bits per heavy atom. The van der Waals surface area contributed by atoms with E-state index >= 15 is 0 Å². The van der Waals surface area contributed by atoms with Crippen LogP contribution in [0.3, 0.4) is 0 Å². The van der Waals surface area contributed by atoms with Gasteiger partial charge in [0.15, 0.2) is 11.5 Å². The van der Waals surface area contributed by atoms with Gasteiger partial charge in [-0.05, 0) is 38.2 Å². The number of nitro benzene ring substituents is 1. The Labute approximate surface area is 360 Å². The molecule has 0 saturated carbocycles. The molecule has 20 nitrogen and oxygen atoms in total. The highest BCUT2D eigenvalue weighted by Gasteiger charge is 2.42. The van der Waals surface area contributed by atoms with Crippen LogP contribution >= 0.6 is 11.8 Å². The lowest BCUT2D eigenvalue weighted by Gasteiger charge is -2.22. The number of hydrogen-bond donors (Lipinski definition) is 6. The van der Waals surface area contributed by atoms with Crippen LogP contribution in [0.5, 0.6) is 11.5 Å². The number of methoxy groups -OCH3 is 1. The minimum Gasteiger partial charge on any atom is -0.493 e. The number of nitrogens with one attached hydrogen (secondary N) is 6. The predicted molar refractivity (Wildman–Crippen MR) is 225 cm³/mol. The lowest BCUT2D eigenvalue weighted by molar-refractivity contribution is -0.386. The van der Waals surface area contributed by atoms with Gasteiger partial charge in [0.05, 0.1) is 88.5 Å². The van der Waals surface area contributed by atoms with E-state index < -0.39 is 29.1 Å². The van der Waals surface area contributed by atoms with Crippen LogP contribution < -0.4 is 41.4 Å². The van der Waals surface area contributed by atoms with Gasteiger partial charge in [-0.3, -0.25) is 24.5 Å². The van der Waals surface area contributed by atoms with Crippen molar-refractivity contribution in [3.8, 4) is 23.8 Å². The average Bonchev–Trinajstić information content (AvgIpc) is 3.79. The third-order valence-corrected chi connectivity index (χ3v) is 11.1. The van der Waals surface area contributed by atoms with Crippen LogP contribution in [0, 0.1) is 28.4 Å². The van der Waals surface area contributed by atoms with E-state index in [0.29, 0.717) is 64.2 Å². The lowest BCUT2D eigenvalue weighted by Crippen LogP contribution is -2.50. The van der Waals surface area contributed by atoms with Crippen LogP contribution in [0.1, 0.15) is 71.0 Å². The van der Waals surface area contributed by atoms with E-state index in [1.54, 1.807) is 13.8 Å². The molecule has 5 atom stereocenters. The first kappa shape index (κ1) is 50.3. The van der Waals surface area contributed by atoms with Crippen LogP contribution in [-0.4, -0.2) is 137 Å². The van der Waals surface area contributed by atoms with Gasteiger partial charge in [-0.1, -0.05) is 26.2 Å². The minimum absolute atomic E-state index is 0.00253. The molecule has 1 unspecified atom stereocenters. The summed E-state index contributed by atoms with van der Waals surface area (Å²) in [5.74, 6) is 2.41. The van der Waals surface area contributed by atoms with Crippen LogP contribution in [0.2, 0.25) is 0 Å². The molecule has 1 aromatic carbocycles. The molecule has 21 heteroatoms. The topological polar surface area (TPSA) is 256 Å². The van der Waals surface area contributed by atoms with Crippen molar-refractivity contribution in [1.82, 2.24) is 31.9 Å². The number of nitrogens with zero attached hydrogens (tertiary/aromatic N) is 1. The molecule has 61 heavy (non-hydrogen) atoms. The number of unbranched alkanes of at least 4 members (excludes halogenated alkanes) is 1. The summed E-state index contributed by atoms with van der Waals surface area (Å²) in [7, 11) is 1.35. The first-order valence-corrected chi connectivity index (χ1v) is 21.5. The maximum atomic E-state index is 12.7. The molecule has 6 N–H and O–H groups in total. The molecule has 0 spiro atoms. The molecule has 0 bridgehead atoms. The van der Waals surface area contributed by atoms with Crippen molar-refractivity contribution in [2.45, 2.75) is 88.8 Å². The Bertz CT molecular complexity index is 1650. The molecule has 0 radical (unpaired) electrons. The summed E-state index contributed by atoms with van der Waals surface area (Å²) in [6.07, 6.45) is 6.74. The largest absolute Gasteiger partial charge is 0.493 e. The van der Waals surface area contributed by atoms with Gasteiger partial charge in [0, 0.05) is 36.9 Å². The fraction of sp³-hybridized carbons (Fsp3) is 0.675. The number of rotatable bonds is 30. The van der Waals surface area contributed by atoms with E-state index in [-0.39, 0.29) is 84.8 Å². The zero-order valence-corrected chi connectivity index (χ0v) is 36.2. The Kier molecular flexibility index (Phi) is 22.9. The van der Waals surface area contributed by atoms with Crippen molar-refractivity contribution in [1.29, 1.82) is 0 Å². The van der Waals surface area contributed by atoms with Gasteiger partial charge in [-0.25, -0.2) is 9.59 Å². The second-order valence-corrected chi connectivity index (χ2v) is 15.8. The number of urea groups is 1. The van der Waals surface area contributed by atoms with Crippen LogP contribution in [0.25, 0.3) is 0 Å². The standard InChI is InChI=1S/C40H61N7O13S/c1-6-13-43-38(50)36(26(2)3)46-40(52)60-27(4)28-23-31(55-5)32(24-30(28)47(53)54)59-16-9-12-35(49)42-15-18-57-20-22-58-21-19-56-17-14-41-34(48)11-8-7-10-33-37-29(25-61-33)44-39(51)45-37/h1,23-24,26-27,29,33,36-37H,7-22,25H2,2-5H3,(H,41,48)(H,42,49)(H,43,50)(H,46,52)(H2,44,45,51)/t27?,29-,33-,36-,37-/m0/s1. The van der Waals surface area contributed by atoms with Crippen molar-refractivity contribution in [3.63, 3.8) is 0 Å². The number of alkyl carbamates (subject to hydrolysis) is 1. The van der Waals surface area contributed by atoms with Gasteiger partial charge < -0.3 is 60.3 Å². The first-order chi connectivity index (χ1) is 29.3. The zero-order chi connectivity index (χ0) is 44.6. The number of carbonyl (C=O) groups excluding carboxylic acids is 5. The summed E-state index contributed by atoms with van der Waals surface area (Å²) >= 11 is 1.88. The SMILES string of the molecule is C#CCNC(=O)[C@@H](NC(=O)OC(C)c1cc(OC)c(OCCCC(=O)NCCOCCOCCOCCNC(=O)CCCC[C@@H]2SC[C@@H]3NC(=O)N[C@@H]32)cc1[N+](=O)[O-])C(C)C. The number of thioether (sulfide) groups is 1. The maximum Gasteiger partial charge on any atom is 0.408 e. The predicted octanol–water partition coefficient (Wildman–Crippen LogP) is 2.33. The highest BCUT2D eigenvalue weighted by Crippen LogP contribution is 2.39. The van der Waals surface area contributed by atoms with Crippen molar-refractivity contribution in [2.75, 3.05) is 78.7 Å². The van der Waals surface area contributed by atoms with E-state index in [4.69, 9.17) is 34.8 Å². The molecular formula is C40H61N7O13S. The van der Waals surface area contributed by atoms with Gasteiger partial charge in [0.2, 0.25) is 17.7 Å². The molecule has 2 aliphatic rings. The lowest BCUT2D eigenvalue weighted by atomic mass is 10.0. The maximum absolute atomic E-state index is 12.7. The molecule has 1 aromatic rings. The van der Waals surface area contributed by atoms with E-state index in [9.17, 15) is 34.1 Å². The van der Waals surface area contributed by atoms with Crippen molar-refractivity contribution < 1.29 is 57.3 Å². The first-order valence-electron chi connectivity index (χ1n) is 20.5. The average molecular weight is 880 g/mol. The van der Waals surface area contributed by atoms with Gasteiger partial charge in [-0.15, -0.1) is 6.42 Å². The number of amides is 6. The summed E-state index contributed by atoms with van der Waals surface area (Å²) in [5.41, 5.74) is -0.344. The van der Waals surface area contributed by atoms with E-state index in [1.807, 2.05) is 11.8 Å². The Morgan fingerprint density at radius 3 is 2.15 bits per heavy atom. The Morgan fingerprint density at radius 2 is 1.54 bits per heavy atom. The second kappa shape index (κ2) is 27.7. The number of terminal acetylenes is 1. The molecule has 0 aliphatic carbocycles. The second-order valence-electron chi connectivity index (χ2n) is 14.5. The molecule has 340 valence electrons. The number of hydrogen-bond acceptors (Lipinski definition) is 14. The Balaban J connectivity index is 1.19. The molecule has 3 rings (SSSR count). The summed E-state index contributed by atoms with van der Waals surface area (Å²) in [6, 6.07) is 1.88. The number of benzene rings is 1. The van der Waals surface area contributed by atoms with Gasteiger partial charge >= 0.3 is 12.1 Å². The normalized spacial score (nSPS) is 17.5. The molecule has 2 saturated heterocycles. The molecule has 2 heterocycles. The highest BCUT2D eigenvalue weighted by molar-refractivity contribution is 8.00. The molecule has 0 aromatic heterocycles. The van der Waals surface area contributed by atoms with Crippen LogP contribution in [-0.2, 0) is 33.3 Å². The Hall–Kier alpha value is -5.04. The van der Waals surface area contributed by atoms with Crippen molar-refractivity contribution in [2.24, 2.45) is 5.92 Å². The fourth-order valence-corrected chi connectivity index (χ4v) is 7.97. The van der Waals surface area contributed by atoms with Gasteiger partial charge in [-0.2, -0.15) is 11.8 Å². The third-order valence-electron chi connectivity index (χ3n) is 9.59. The summed E-state index contributed by atoms with van der Waals surface area (Å²) in [6.45, 7) is 7.76. The highest BCUT2D eigenvalue weighted by atomic mass is 32.2.